The molecule has 1 aliphatic heterocycles. The summed E-state index contributed by atoms with van der Waals surface area (Å²) in [6.45, 7) is 13.6. The van der Waals surface area contributed by atoms with Crippen LogP contribution in [0.15, 0.2) is 59.7 Å². The molecule has 2 nitrogen and oxygen atoms in total. The van der Waals surface area contributed by atoms with E-state index in [0.717, 1.165) is 79.0 Å². The minimum Gasteiger partial charge on any atom is -0.493 e. The molecule has 3 rings (SSSR count). The number of nitrogens with zero attached hydrogens (tertiary/aromatic N) is 2. The average molecular weight is 1180 g/mol. The van der Waals surface area contributed by atoms with Crippen LogP contribution in [0.4, 0.5) is 0 Å². The van der Waals surface area contributed by atoms with E-state index in [1.807, 2.05) is 0 Å². The third-order valence-corrected chi connectivity index (χ3v) is 19.4. The topological polar surface area (TPSA) is 25.3 Å². The zero-order valence-corrected chi connectivity index (χ0v) is 55.6. The van der Waals surface area contributed by atoms with Gasteiger partial charge in [0.25, 0.3) is 0 Å². The third kappa shape index (κ3) is 38.6. The van der Waals surface area contributed by atoms with Crippen LogP contribution >= 0.6 is 0 Å². The van der Waals surface area contributed by atoms with Gasteiger partial charge in [0, 0.05) is 22.3 Å². The van der Waals surface area contributed by atoms with E-state index in [2.05, 4.69) is 90.1 Å². The van der Waals surface area contributed by atoms with Crippen molar-refractivity contribution in [2.24, 2.45) is 0 Å². The molecular formula is C76H134N2Pd. The van der Waals surface area contributed by atoms with Gasteiger partial charge in [0.2, 0.25) is 11.4 Å². The van der Waals surface area contributed by atoms with E-state index < -0.39 is 0 Å². The smallest absolute Gasteiger partial charge is 0.493 e. The Hall–Kier alpha value is -1.82. The van der Waals surface area contributed by atoms with Crippen molar-refractivity contribution in [3.63, 3.8) is 0 Å². The summed E-state index contributed by atoms with van der Waals surface area (Å²) in [5, 5.41) is 0. The number of aryl methyl sites for hydroxylation is 2. The number of benzene rings is 2. The molecule has 0 atom stereocenters. The summed E-state index contributed by atoms with van der Waals surface area (Å²) in [5.41, 5.74) is 21.1. The van der Waals surface area contributed by atoms with Crippen molar-refractivity contribution in [1.29, 1.82) is 0 Å². The fourth-order valence-corrected chi connectivity index (χ4v) is 13.9. The van der Waals surface area contributed by atoms with Crippen LogP contribution in [0.1, 0.15) is 385 Å². The van der Waals surface area contributed by atoms with Gasteiger partial charge >= 0.3 is 169 Å². The molecule has 3 heteroatoms. The SMILES string of the molecule is CCCCCCCCCCCCCCCCCCCCC[CH2][Pd][CH2]CCCCCCCCCCCCCCCCCCCCC.CCCCCCc1ccc(C2=C(CC)C(CCCC)=C(c3ccc(CCCC)cc3)[N+]2=[N-])cc1. The van der Waals surface area contributed by atoms with Crippen molar-refractivity contribution in [3.05, 3.63) is 87.5 Å². The predicted octanol–water partition coefficient (Wildman–Crippen LogP) is 27.5. The van der Waals surface area contributed by atoms with Crippen molar-refractivity contribution in [3.8, 4) is 0 Å². The summed E-state index contributed by atoms with van der Waals surface area (Å²) in [6, 6.07) is 17.8. The van der Waals surface area contributed by atoms with Crippen molar-refractivity contribution in [1.82, 2.24) is 0 Å². The van der Waals surface area contributed by atoms with Crippen LogP contribution in [0.3, 0.4) is 0 Å². The van der Waals surface area contributed by atoms with Gasteiger partial charge in [-0.1, -0.05) is 213 Å². The van der Waals surface area contributed by atoms with Crippen LogP contribution in [-0.2, 0) is 30.8 Å². The van der Waals surface area contributed by atoms with Gasteiger partial charge in [-0.3, -0.25) is 0 Å². The summed E-state index contributed by atoms with van der Waals surface area (Å²) in [5.74, 6) is 0. The first kappa shape index (κ1) is 73.3. The van der Waals surface area contributed by atoms with Gasteiger partial charge < -0.3 is 5.53 Å². The van der Waals surface area contributed by atoms with Crippen molar-refractivity contribution >= 4 is 11.4 Å². The molecule has 0 fully saturated rings. The van der Waals surface area contributed by atoms with E-state index in [-0.39, 0.29) is 0 Å². The molecule has 0 spiro atoms. The molecule has 0 N–H and O–H groups in total. The molecule has 1 heterocycles. The first-order valence-corrected chi connectivity index (χ1v) is 37.8. The number of rotatable bonds is 56. The molecule has 458 valence electrons. The van der Waals surface area contributed by atoms with Crippen LogP contribution in [0, 0.1) is 0 Å². The Morgan fingerprint density at radius 1 is 0.266 bits per heavy atom. The van der Waals surface area contributed by atoms with Gasteiger partial charge in [-0.2, -0.15) is 0 Å². The van der Waals surface area contributed by atoms with Gasteiger partial charge in [-0.05, 0) is 80.3 Å². The normalized spacial score (nSPS) is 12.7. The second-order valence-electron chi connectivity index (χ2n) is 24.6. The van der Waals surface area contributed by atoms with Gasteiger partial charge in [0.1, 0.15) is 0 Å². The second-order valence-corrected chi connectivity index (χ2v) is 27.0. The van der Waals surface area contributed by atoms with E-state index in [1.54, 1.807) is 9.79 Å². The zero-order chi connectivity index (χ0) is 56.7. The molecule has 0 saturated carbocycles. The summed E-state index contributed by atoms with van der Waals surface area (Å²) in [6.07, 6.45) is 73.6. The Balaban J connectivity index is 0.000000558. The molecule has 0 saturated heterocycles. The number of hydrogen-bond acceptors (Lipinski definition) is 0. The Morgan fingerprint density at radius 2 is 0.506 bits per heavy atom. The van der Waals surface area contributed by atoms with E-state index in [9.17, 15) is 5.53 Å². The van der Waals surface area contributed by atoms with Gasteiger partial charge in [-0.15, -0.1) is 0 Å². The average Bonchev–Trinajstić information content (AvgIpc) is 3.91. The molecule has 2 aromatic carbocycles. The fraction of sp³-hybridized carbons (Fsp3) is 0.789. The van der Waals surface area contributed by atoms with Crippen LogP contribution in [0.25, 0.3) is 16.9 Å². The van der Waals surface area contributed by atoms with Gasteiger partial charge in [0.15, 0.2) is 0 Å². The summed E-state index contributed by atoms with van der Waals surface area (Å²) < 4.78 is 1.49. The third-order valence-electron chi connectivity index (χ3n) is 17.2. The first-order chi connectivity index (χ1) is 39.1. The molecular weight excluding hydrogens is 1050 g/mol. The van der Waals surface area contributed by atoms with Crippen LogP contribution in [0.2, 0.25) is 9.79 Å². The Kier molecular flexibility index (Phi) is 51.4. The van der Waals surface area contributed by atoms with Crippen LogP contribution < -0.4 is 0 Å². The first-order valence-electron chi connectivity index (χ1n) is 35.6. The van der Waals surface area contributed by atoms with E-state index in [4.69, 9.17) is 0 Å². The van der Waals surface area contributed by atoms with E-state index in [0.29, 0.717) is 0 Å². The van der Waals surface area contributed by atoms with Crippen LogP contribution in [-0.4, -0.2) is 4.70 Å². The van der Waals surface area contributed by atoms with E-state index in [1.165, 1.54) is 322 Å². The molecule has 0 unspecified atom stereocenters. The van der Waals surface area contributed by atoms with Crippen molar-refractivity contribution < 1.29 is 22.7 Å². The molecule has 79 heavy (non-hydrogen) atoms. The summed E-state index contributed by atoms with van der Waals surface area (Å²) in [7, 11) is 0. The molecule has 0 aliphatic carbocycles. The molecule has 0 radical (unpaired) electrons. The Labute approximate surface area is 503 Å². The van der Waals surface area contributed by atoms with Gasteiger partial charge in [-0.25, -0.2) is 4.70 Å². The standard InChI is InChI=1S/C32H44N2.2C22H45.Pd/c1-5-9-12-13-15-26-19-21-27(22-20-26)31-29(8-4)30(16-11-7-3)32(34(31)33)28-23-17-25(18-24-28)14-10-6-2;2*1-3-5-7-9-11-13-15-17-19-21-22-20-18-16-14-12-10-8-6-4-2;/h17-24H,5-16H2,1-4H3;2*1,3-22H2,2H3;. The Bertz CT molecular complexity index is 1660. The Morgan fingerprint density at radius 3 is 0.797 bits per heavy atom. The van der Waals surface area contributed by atoms with Crippen LogP contribution in [0.5, 0.6) is 0 Å². The maximum atomic E-state index is 11.5. The van der Waals surface area contributed by atoms with Crippen molar-refractivity contribution in [2.75, 3.05) is 0 Å². The minimum atomic E-state index is 0.919. The second kappa shape index (κ2) is 55.4. The number of allylic oxidation sites excluding steroid dienone is 2. The molecule has 0 amide bonds. The maximum absolute atomic E-state index is 11.5. The minimum absolute atomic E-state index is 0.919. The van der Waals surface area contributed by atoms with E-state index >= 15 is 0 Å². The quantitative estimate of drug-likeness (QED) is 0.0358. The molecule has 2 aromatic rings. The monoisotopic (exact) mass is 1180 g/mol. The number of unbranched alkanes of at least 4 members (excludes halogenated alkanes) is 43. The zero-order valence-electron chi connectivity index (χ0n) is 54.0. The molecule has 0 bridgehead atoms. The molecule has 1 aliphatic rings. The predicted molar refractivity (Wildman–Crippen MR) is 352 cm³/mol. The summed E-state index contributed by atoms with van der Waals surface area (Å²) >= 11 is 1.06. The van der Waals surface area contributed by atoms with Gasteiger partial charge in [0.05, 0.1) is 0 Å². The van der Waals surface area contributed by atoms with Crippen molar-refractivity contribution in [2.45, 2.75) is 385 Å². The summed E-state index contributed by atoms with van der Waals surface area (Å²) in [4.78, 5) is 3.10. The molecule has 0 aromatic heterocycles. The number of hydrogen-bond donors (Lipinski definition) is 0. The fourth-order valence-electron chi connectivity index (χ4n) is 12.0.